The number of carbonyl (C=O) groups excluding carboxylic acids is 1. The maximum atomic E-state index is 12.5. The Morgan fingerprint density at radius 3 is 2.43 bits per heavy atom. The molecule has 2 rings (SSSR count). The number of halogens is 1. The maximum absolute atomic E-state index is 12.5. The average molecular weight is 319 g/mol. The average Bonchev–Trinajstić information content (AvgIpc) is 2.63. The minimum atomic E-state index is -0.308. The van der Waals surface area contributed by atoms with E-state index >= 15 is 0 Å². The van der Waals surface area contributed by atoms with Gasteiger partial charge < -0.3 is 15.4 Å². The molecule has 0 aromatic rings. The third-order valence-electron chi connectivity index (χ3n) is 4.82. The van der Waals surface area contributed by atoms with Crippen LogP contribution in [0.15, 0.2) is 0 Å². The number of amides is 1. The Kier molecular flexibility index (Phi) is 7.99. The maximum Gasteiger partial charge on any atom is 0.251 e. The fourth-order valence-corrected chi connectivity index (χ4v) is 3.58. The van der Waals surface area contributed by atoms with Crippen LogP contribution in [0, 0.1) is 5.92 Å². The highest BCUT2D eigenvalue weighted by molar-refractivity contribution is 5.85. The first kappa shape index (κ1) is 18.7. The summed E-state index contributed by atoms with van der Waals surface area (Å²) < 4.78 is 6.04. The van der Waals surface area contributed by atoms with E-state index in [4.69, 9.17) is 10.5 Å². The fourth-order valence-electron chi connectivity index (χ4n) is 3.58. The van der Waals surface area contributed by atoms with Gasteiger partial charge in [0.2, 0.25) is 0 Å². The van der Waals surface area contributed by atoms with Crippen LogP contribution in [0.2, 0.25) is 0 Å². The summed E-state index contributed by atoms with van der Waals surface area (Å²) in [5.74, 6) is 0.608. The highest BCUT2D eigenvalue weighted by Crippen LogP contribution is 2.25. The summed E-state index contributed by atoms with van der Waals surface area (Å²) in [5.41, 5.74) is 5.73. The number of rotatable bonds is 4. The van der Waals surface area contributed by atoms with Crippen molar-refractivity contribution < 1.29 is 9.53 Å². The summed E-state index contributed by atoms with van der Waals surface area (Å²) in [6.07, 6.45) is 8.31. The van der Waals surface area contributed by atoms with Crippen LogP contribution >= 0.6 is 12.4 Å². The van der Waals surface area contributed by atoms with Gasteiger partial charge >= 0.3 is 0 Å². The summed E-state index contributed by atoms with van der Waals surface area (Å²) in [5, 5.41) is 0. The molecule has 0 spiro atoms. The zero-order valence-corrected chi connectivity index (χ0v) is 14.2. The second-order valence-electron chi connectivity index (χ2n) is 6.57. The first-order valence-electron chi connectivity index (χ1n) is 8.27. The topological polar surface area (TPSA) is 55.6 Å². The zero-order valence-electron chi connectivity index (χ0n) is 13.4. The van der Waals surface area contributed by atoms with Gasteiger partial charge in [-0.25, -0.2) is 0 Å². The van der Waals surface area contributed by atoms with Crippen molar-refractivity contribution in [3.63, 3.8) is 0 Å². The predicted molar refractivity (Wildman–Crippen MR) is 87.6 cm³/mol. The number of hydrogen-bond acceptors (Lipinski definition) is 3. The van der Waals surface area contributed by atoms with E-state index in [1.165, 1.54) is 25.7 Å². The Bertz CT molecular complexity index is 319. The molecule has 4 nitrogen and oxygen atoms in total. The van der Waals surface area contributed by atoms with Gasteiger partial charge in [-0.15, -0.1) is 12.4 Å². The van der Waals surface area contributed by atoms with Crippen molar-refractivity contribution in [2.75, 3.05) is 13.1 Å². The first-order valence-corrected chi connectivity index (χ1v) is 8.27. The van der Waals surface area contributed by atoms with Gasteiger partial charge in [0.15, 0.2) is 0 Å². The van der Waals surface area contributed by atoms with E-state index in [0.717, 1.165) is 25.8 Å². The van der Waals surface area contributed by atoms with Gasteiger partial charge in [0.05, 0.1) is 6.10 Å². The molecule has 1 aliphatic carbocycles. The minimum Gasteiger partial charge on any atom is -0.365 e. The van der Waals surface area contributed by atoms with Crippen LogP contribution in [0.1, 0.15) is 58.8 Å². The molecule has 2 fully saturated rings. The molecular weight excluding hydrogens is 288 g/mol. The summed E-state index contributed by atoms with van der Waals surface area (Å²) in [4.78, 5) is 14.5. The van der Waals surface area contributed by atoms with Crippen molar-refractivity contribution in [2.24, 2.45) is 11.7 Å². The van der Waals surface area contributed by atoms with Gasteiger partial charge in [0, 0.05) is 12.6 Å². The number of nitrogens with two attached hydrogens (primary N) is 1. The SMILES string of the molecule is CC(OC1CCCCCC1)C(=O)N1CC(CN)CC1C.Cl. The molecule has 21 heavy (non-hydrogen) atoms. The van der Waals surface area contributed by atoms with Gasteiger partial charge in [-0.1, -0.05) is 25.7 Å². The highest BCUT2D eigenvalue weighted by Gasteiger charge is 2.34. The number of hydrogen-bond donors (Lipinski definition) is 1. The van der Waals surface area contributed by atoms with Crippen molar-refractivity contribution in [1.29, 1.82) is 0 Å². The molecule has 3 unspecified atom stereocenters. The lowest BCUT2D eigenvalue weighted by molar-refractivity contribution is -0.147. The Morgan fingerprint density at radius 1 is 1.29 bits per heavy atom. The zero-order chi connectivity index (χ0) is 14.5. The van der Waals surface area contributed by atoms with E-state index in [2.05, 4.69) is 6.92 Å². The normalized spacial score (nSPS) is 28.8. The first-order chi connectivity index (χ1) is 9.61. The molecule has 124 valence electrons. The van der Waals surface area contributed by atoms with E-state index in [-0.39, 0.29) is 30.5 Å². The minimum absolute atomic E-state index is 0. The quantitative estimate of drug-likeness (QED) is 0.811. The third kappa shape index (κ3) is 5.11. The molecular formula is C16H31ClN2O2. The van der Waals surface area contributed by atoms with Crippen molar-refractivity contribution in [3.8, 4) is 0 Å². The molecule has 1 heterocycles. The van der Waals surface area contributed by atoms with Crippen molar-refractivity contribution in [2.45, 2.75) is 77.0 Å². The number of nitrogens with zero attached hydrogens (tertiary/aromatic N) is 1. The van der Waals surface area contributed by atoms with E-state index in [9.17, 15) is 4.79 Å². The van der Waals surface area contributed by atoms with Crippen LogP contribution in [0.25, 0.3) is 0 Å². The Hall–Kier alpha value is -0.320. The lowest BCUT2D eigenvalue weighted by Crippen LogP contribution is -2.42. The van der Waals surface area contributed by atoms with Gasteiger partial charge in [0.25, 0.3) is 5.91 Å². The van der Waals surface area contributed by atoms with E-state index < -0.39 is 0 Å². The third-order valence-corrected chi connectivity index (χ3v) is 4.82. The number of carbonyl (C=O) groups is 1. The molecule has 3 atom stereocenters. The van der Waals surface area contributed by atoms with Gasteiger partial charge in [-0.2, -0.15) is 0 Å². The predicted octanol–water partition coefficient (Wildman–Crippen LogP) is 2.73. The van der Waals surface area contributed by atoms with Crippen LogP contribution in [0.3, 0.4) is 0 Å². The van der Waals surface area contributed by atoms with Gasteiger partial charge in [-0.05, 0) is 45.6 Å². The number of likely N-dealkylation sites (tertiary alicyclic amines) is 1. The van der Waals surface area contributed by atoms with Crippen LogP contribution < -0.4 is 5.73 Å². The molecule has 1 saturated heterocycles. The van der Waals surface area contributed by atoms with Crippen LogP contribution in [-0.4, -0.2) is 42.1 Å². The van der Waals surface area contributed by atoms with Gasteiger partial charge in [0.1, 0.15) is 6.10 Å². The molecule has 1 saturated carbocycles. The second-order valence-corrected chi connectivity index (χ2v) is 6.57. The van der Waals surface area contributed by atoms with E-state index in [0.29, 0.717) is 18.5 Å². The molecule has 2 N–H and O–H groups in total. The smallest absolute Gasteiger partial charge is 0.251 e. The molecule has 0 aromatic heterocycles. The van der Waals surface area contributed by atoms with Crippen molar-refractivity contribution in [1.82, 2.24) is 4.90 Å². The molecule has 5 heteroatoms. The van der Waals surface area contributed by atoms with Crippen LogP contribution in [0.4, 0.5) is 0 Å². The van der Waals surface area contributed by atoms with Crippen molar-refractivity contribution >= 4 is 18.3 Å². The highest BCUT2D eigenvalue weighted by atomic mass is 35.5. The summed E-state index contributed by atoms with van der Waals surface area (Å²) in [6.45, 7) is 5.50. The summed E-state index contributed by atoms with van der Waals surface area (Å²) in [6, 6.07) is 0.302. The second kappa shape index (κ2) is 8.96. The largest absolute Gasteiger partial charge is 0.365 e. The Morgan fingerprint density at radius 2 is 1.90 bits per heavy atom. The van der Waals surface area contributed by atoms with E-state index in [1.54, 1.807) is 0 Å². The monoisotopic (exact) mass is 318 g/mol. The molecule has 1 aliphatic heterocycles. The Balaban J connectivity index is 0.00000220. The molecule has 0 radical (unpaired) electrons. The molecule has 0 aromatic carbocycles. The van der Waals surface area contributed by atoms with Crippen molar-refractivity contribution in [3.05, 3.63) is 0 Å². The summed E-state index contributed by atoms with van der Waals surface area (Å²) >= 11 is 0. The van der Waals surface area contributed by atoms with Crippen LogP contribution in [0.5, 0.6) is 0 Å². The van der Waals surface area contributed by atoms with E-state index in [1.807, 2.05) is 11.8 Å². The summed E-state index contributed by atoms with van der Waals surface area (Å²) in [7, 11) is 0. The number of ether oxygens (including phenoxy) is 1. The Labute approximate surface area is 135 Å². The molecule has 0 bridgehead atoms. The standard InChI is InChI=1S/C16H30N2O2.ClH/c1-12-9-14(10-17)11-18(12)16(19)13(2)20-15-7-5-3-4-6-8-15;/h12-15H,3-11,17H2,1-2H3;1H. The lowest BCUT2D eigenvalue weighted by atomic mass is 10.1. The lowest BCUT2D eigenvalue weighted by Gasteiger charge is -2.27. The molecule has 1 amide bonds. The van der Waals surface area contributed by atoms with Gasteiger partial charge in [-0.3, -0.25) is 4.79 Å². The molecule has 2 aliphatic rings. The fraction of sp³-hybridized carbons (Fsp3) is 0.938. The van der Waals surface area contributed by atoms with Crippen LogP contribution in [-0.2, 0) is 9.53 Å².